The van der Waals surface area contributed by atoms with Crippen LogP contribution in [-0.2, 0) is 0 Å². The monoisotopic (exact) mass is 551 g/mol. The Labute approximate surface area is 244 Å². The number of ketones is 1. The van der Waals surface area contributed by atoms with Crippen LogP contribution in [0, 0.1) is 6.92 Å². The van der Waals surface area contributed by atoms with E-state index in [1.807, 2.05) is 67.6 Å². The number of aliphatic imine (C=N–C) groups is 1. The number of benzene rings is 7. The van der Waals surface area contributed by atoms with Crippen molar-refractivity contribution in [1.29, 1.82) is 0 Å². The zero-order valence-corrected chi connectivity index (χ0v) is 23.1. The number of pyridine rings is 1. The van der Waals surface area contributed by atoms with Gasteiger partial charge in [0.15, 0.2) is 5.78 Å². The lowest BCUT2D eigenvalue weighted by atomic mass is 9.80. The van der Waals surface area contributed by atoms with Gasteiger partial charge in [-0.05, 0) is 75.1 Å². The topological polar surface area (TPSA) is 63.8 Å². The van der Waals surface area contributed by atoms with E-state index in [2.05, 4.69) is 36.4 Å². The lowest BCUT2D eigenvalue weighted by Gasteiger charge is -2.23. The third-order valence-electron chi connectivity index (χ3n) is 9.45. The zero-order valence-electron chi connectivity index (χ0n) is 23.1. The molecule has 0 bridgehead atoms. The van der Waals surface area contributed by atoms with Crippen molar-refractivity contribution in [3.63, 3.8) is 0 Å². The Hall–Kier alpha value is -5.68. The van der Waals surface area contributed by atoms with Gasteiger partial charge in [0.25, 0.3) is 5.56 Å². The smallest absolute Gasteiger partial charge is 0.264 e. The third kappa shape index (κ3) is 2.77. The van der Waals surface area contributed by atoms with Crippen LogP contribution >= 0.6 is 0 Å². The van der Waals surface area contributed by atoms with Crippen molar-refractivity contribution in [3.8, 4) is 0 Å². The number of carbonyl (C=O) groups is 1. The molecule has 7 aromatic carbocycles. The molecule has 43 heavy (non-hydrogen) atoms. The number of aromatic nitrogens is 2. The standard InChI is InChI=1S/C38H21N3O2/c1-19-6-2-3-7-28(19)39-30-18-32(42)25-15-11-21-23-13-17-27-36-26(37-40-29-8-4-5-9-31(29)41(37)38(27)43)16-12-22(34(23)36)20-10-14-24(30)35(25)33(20)21/h2-17H,18H2,1H3. The normalized spacial score (nSPS) is 14.7. The highest BCUT2D eigenvalue weighted by molar-refractivity contribution is 6.41. The summed E-state index contributed by atoms with van der Waals surface area (Å²) in [4.78, 5) is 37.5. The van der Waals surface area contributed by atoms with E-state index in [1.165, 1.54) is 0 Å². The molecule has 2 aromatic heterocycles. The van der Waals surface area contributed by atoms with Gasteiger partial charge in [-0.25, -0.2) is 4.98 Å². The molecular formula is C38H21N3O2. The number of imidazole rings is 1. The minimum atomic E-state index is -0.0569. The summed E-state index contributed by atoms with van der Waals surface area (Å²) in [6.07, 6.45) is 0.275. The van der Waals surface area contributed by atoms with Gasteiger partial charge >= 0.3 is 0 Å². The Morgan fingerprint density at radius 2 is 1.23 bits per heavy atom. The van der Waals surface area contributed by atoms with Gasteiger partial charge in [-0.1, -0.05) is 66.7 Å². The molecule has 0 fully saturated rings. The number of rotatable bonds is 1. The molecule has 200 valence electrons. The summed E-state index contributed by atoms with van der Waals surface area (Å²) in [5.41, 5.74) is 6.77. The first-order chi connectivity index (χ1) is 21.1. The maximum absolute atomic E-state index is 14.0. The summed E-state index contributed by atoms with van der Waals surface area (Å²) in [5, 5.41) is 9.98. The van der Waals surface area contributed by atoms with Crippen molar-refractivity contribution in [2.75, 3.05) is 0 Å². The first-order valence-corrected chi connectivity index (χ1v) is 14.5. The Morgan fingerprint density at radius 1 is 0.628 bits per heavy atom. The number of nitrogens with zero attached hydrogens (tertiary/aromatic N) is 3. The highest BCUT2D eigenvalue weighted by atomic mass is 16.1. The summed E-state index contributed by atoms with van der Waals surface area (Å²) in [6, 6.07) is 32.5. The van der Waals surface area contributed by atoms with E-state index in [0.717, 1.165) is 87.6 Å². The fraction of sp³-hybridized carbons (Fsp3) is 0.0526. The fourth-order valence-electron chi connectivity index (χ4n) is 7.54. The molecule has 0 atom stereocenters. The van der Waals surface area contributed by atoms with Gasteiger partial charge in [-0.2, -0.15) is 0 Å². The molecule has 1 aliphatic rings. The van der Waals surface area contributed by atoms with Crippen LogP contribution in [0.2, 0.25) is 0 Å². The van der Waals surface area contributed by atoms with Gasteiger partial charge in [0, 0.05) is 32.7 Å². The van der Waals surface area contributed by atoms with Crippen LogP contribution in [-0.4, -0.2) is 20.9 Å². The molecular weight excluding hydrogens is 530 g/mol. The summed E-state index contributed by atoms with van der Waals surface area (Å²) in [5.74, 6) is 0.0871. The Bertz CT molecular complexity index is 2790. The van der Waals surface area contributed by atoms with Crippen molar-refractivity contribution in [2.24, 2.45) is 4.99 Å². The number of aryl methyl sites for hydroxylation is 1. The van der Waals surface area contributed by atoms with E-state index in [-0.39, 0.29) is 17.8 Å². The summed E-state index contributed by atoms with van der Waals surface area (Å²) in [7, 11) is 0. The lowest BCUT2D eigenvalue weighted by molar-refractivity contribution is 0.100. The molecule has 1 aliphatic carbocycles. The van der Waals surface area contributed by atoms with E-state index in [4.69, 9.17) is 9.98 Å². The molecule has 0 aliphatic heterocycles. The second kappa shape index (κ2) is 7.78. The van der Waals surface area contributed by atoms with E-state index < -0.39 is 0 Å². The zero-order chi connectivity index (χ0) is 28.6. The van der Waals surface area contributed by atoms with Crippen molar-refractivity contribution in [2.45, 2.75) is 13.3 Å². The molecule has 0 spiro atoms. The minimum absolute atomic E-state index is 0.0569. The summed E-state index contributed by atoms with van der Waals surface area (Å²) < 4.78 is 1.75. The molecule has 0 saturated carbocycles. The van der Waals surface area contributed by atoms with Gasteiger partial charge in [0.1, 0.15) is 5.65 Å². The lowest BCUT2D eigenvalue weighted by Crippen LogP contribution is -2.17. The minimum Gasteiger partial charge on any atom is -0.294 e. The van der Waals surface area contributed by atoms with Gasteiger partial charge < -0.3 is 0 Å². The van der Waals surface area contributed by atoms with Gasteiger partial charge in [-0.15, -0.1) is 0 Å². The van der Waals surface area contributed by atoms with Crippen LogP contribution in [0.3, 0.4) is 0 Å². The first-order valence-electron chi connectivity index (χ1n) is 14.5. The van der Waals surface area contributed by atoms with Crippen LogP contribution in [0.5, 0.6) is 0 Å². The first kappa shape index (κ1) is 22.9. The van der Waals surface area contributed by atoms with E-state index in [9.17, 15) is 9.59 Å². The Morgan fingerprint density at radius 3 is 2.02 bits per heavy atom. The summed E-state index contributed by atoms with van der Waals surface area (Å²) >= 11 is 0. The van der Waals surface area contributed by atoms with Gasteiger partial charge in [0.05, 0.1) is 28.9 Å². The molecule has 9 aromatic rings. The highest BCUT2D eigenvalue weighted by Crippen LogP contribution is 2.46. The van der Waals surface area contributed by atoms with Crippen LogP contribution in [0.1, 0.15) is 27.9 Å². The van der Waals surface area contributed by atoms with Gasteiger partial charge in [-0.3, -0.25) is 19.0 Å². The second-order valence-electron chi connectivity index (χ2n) is 11.7. The molecule has 0 radical (unpaired) electrons. The quantitative estimate of drug-likeness (QED) is 0.152. The Kier molecular flexibility index (Phi) is 4.15. The SMILES string of the molecule is Cc1ccccc1N=C1CC(=O)c2ccc3c4ccc5c(=O)n6c7ccccc7nc6c6ccc(c7ccc1c2c37)c4c56. The highest BCUT2D eigenvalue weighted by Gasteiger charge is 2.28. The van der Waals surface area contributed by atoms with Crippen LogP contribution < -0.4 is 5.56 Å². The summed E-state index contributed by atoms with van der Waals surface area (Å²) in [6.45, 7) is 2.04. The predicted octanol–water partition coefficient (Wildman–Crippen LogP) is 8.50. The Balaban J connectivity index is 1.38. The van der Waals surface area contributed by atoms with Gasteiger partial charge in [0.2, 0.25) is 0 Å². The maximum atomic E-state index is 14.0. The molecule has 0 saturated heterocycles. The molecule has 0 unspecified atom stereocenters. The molecule has 0 amide bonds. The van der Waals surface area contributed by atoms with Crippen molar-refractivity contribution in [1.82, 2.24) is 9.38 Å². The predicted molar refractivity (Wildman–Crippen MR) is 175 cm³/mol. The average Bonchev–Trinajstić information content (AvgIpc) is 3.43. The van der Waals surface area contributed by atoms with E-state index in [0.29, 0.717) is 11.0 Å². The van der Waals surface area contributed by atoms with Crippen LogP contribution in [0.4, 0.5) is 5.69 Å². The molecule has 5 nitrogen and oxygen atoms in total. The van der Waals surface area contributed by atoms with Crippen molar-refractivity contribution in [3.05, 3.63) is 124 Å². The van der Waals surface area contributed by atoms with Crippen molar-refractivity contribution >= 4 is 87.7 Å². The number of fused-ring (bicyclic) bond motifs is 6. The number of hydrogen-bond donors (Lipinski definition) is 0. The van der Waals surface area contributed by atoms with Crippen LogP contribution in [0.15, 0.2) is 107 Å². The molecule has 5 heteroatoms. The van der Waals surface area contributed by atoms with Crippen LogP contribution in [0.25, 0.3) is 70.5 Å². The number of carbonyl (C=O) groups excluding carboxylic acids is 1. The molecule has 0 N–H and O–H groups in total. The fourth-order valence-corrected chi connectivity index (χ4v) is 7.54. The number of hydrogen-bond acceptors (Lipinski definition) is 4. The van der Waals surface area contributed by atoms with E-state index in [1.54, 1.807) is 4.40 Å². The maximum Gasteiger partial charge on any atom is 0.264 e. The number of para-hydroxylation sites is 3. The largest absolute Gasteiger partial charge is 0.294 e. The molecule has 2 heterocycles. The van der Waals surface area contributed by atoms with E-state index >= 15 is 0 Å². The third-order valence-corrected chi connectivity index (χ3v) is 9.45. The molecule has 10 rings (SSSR count). The van der Waals surface area contributed by atoms with Crippen molar-refractivity contribution < 1.29 is 4.79 Å². The second-order valence-corrected chi connectivity index (χ2v) is 11.7. The number of Topliss-reactive ketones (excluding diaryl/α,β-unsaturated/α-hetero) is 1. The average molecular weight is 552 g/mol.